The van der Waals surface area contributed by atoms with Crippen molar-refractivity contribution >= 4 is 23.4 Å². The highest BCUT2D eigenvalue weighted by molar-refractivity contribution is 8.00. The monoisotopic (exact) mass is 395 g/mol. The number of para-hydroxylation sites is 1. The summed E-state index contributed by atoms with van der Waals surface area (Å²) in [4.78, 5) is 12.5. The molecule has 1 heterocycles. The third kappa shape index (κ3) is 4.28. The molecule has 1 fully saturated rings. The zero-order valence-corrected chi connectivity index (χ0v) is 16.2. The van der Waals surface area contributed by atoms with Crippen molar-refractivity contribution in [3.05, 3.63) is 60.4 Å². The van der Waals surface area contributed by atoms with Crippen LogP contribution in [0.1, 0.15) is 31.5 Å². The van der Waals surface area contributed by atoms with Crippen molar-refractivity contribution < 1.29 is 9.53 Å². The number of thioether (sulfide) groups is 1. The number of anilines is 1. The minimum atomic E-state index is -0.362. The summed E-state index contributed by atoms with van der Waals surface area (Å²) in [5.41, 5.74) is 0.700. The Kier molecular flexibility index (Phi) is 5.21. The van der Waals surface area contributed by atoms with Crippen LogP contribution in [0.5, 0.6) is 11.5 Å². The Labute approximate surface area is 167 Å². The van der Waals surface area contributed by atoms with Gasteiger partial charge in [0.05, 0.1) is 5.25 Å². The summed E-state index contributed by atoms with van der Waals surface area (Å²) in [6, 6.07) is 16.8. The van der Waals surface area contributed by atoms with E-state index >= 15 is 0 Å². The largest absolute Gasteiger partial charge is 0.457 e. The minimum absolute atomic E-state index is 0.127. The molecule has 0 aliphatic heterocycles. The lowest BCUT2D eigenvalue weighted by Gasteiger charge is -2.12. The highest BCUT2D eigenvalue weighted by Gasteiger charge is 2.30. The molecule has 0 radical (unpaired) electrons. The number of rotatable bonds is 7. The fraction of sp³-hybridized carbons (Fsp3) is 0.250. The lowest BCUT2D eigenvalue weighted by Crippen LogP contribution is -2.23. The fourth-order valence-corrected chi connectivity index (χ4v) is 3.45. The van der Waals surface area contributed by atoms with Gasteiger partial charge in [0.1, 0.15) is 11.5 Å². The molecule has 144 valence electrons. The average Bonchev–Trinajstić information content (AvgIpc) is 3.48. The molecule has 3 aromatic rings. The number of aromatic nitrogens is 3. The number of nitrogens with one attached hydrogen (secondary N) is 1. The first kappa shape index (κ1) is 18.4. The molecule has 3 N–H and O–H groups in total. The fourth-order valence-electron chi connectivity index (χ4n) is 2.68. The number of hydrogen-bond donors (Lipinski definition) is 2. The second-order valence-electron chi connectivity index (χ2n) is 6.67. The molecule has 1 atom stereocenters. The molecule has 0 saturated heterocycles. The number of benzene rings is 2. The molecule has 1 aliphatic rings. The molecule has 4 rings (SSSR count). The number of amides is 1. The van der Waals surface area contributed by atoms with Crippen LogP contribution >= 0.6 is 11.8 Å². The normalized spacial score (nSPS) is 14.5. The molecule has 2 aromatic carbocycles. The van der Waals surface area contributed by atoms with Gasteiger partial charge in [-0.2, -0.15) is 0 Å². The molecule has 1 saturated carbocycles. The molecule has 1 aliphatic carbocycles. The van der Waals surface area contributed by atoms with E-state index in [1.165, 1.54) is 16.4 Å². The second kappa shape index (κ2) is 7.93. The third-order valence-corrected chi connectivity index (χ3v) is 5.44. The van der Waals surface area contributed by atoms with Gasteiger partial charge < -0.3 is 15.9 Å². The van der Waals surface area contributed by atoms with E-state index in [4.69, 9.17) is 10.6 Å². The van der Waals surface area contributed by atoms with Crippen LogP contribution in [0.4, 0.5) is 5.69 Å². The summed E-state index contributed by atoms with van der Waals surface area (Å²) < 4.78 is 7.26. The summed E-state index contributed by atoms with van der Waals surface area (Å²) in [5.74, 6) is 8.60. The van der Waals surface area contributed by atoms with Crippen molar-refractivity contribution in [1.29, 1.82) is 0 Å². The van der Waals surface area contributed by atoms with Gasteiger partial charge in [-0.3, -0.25) is 4.79 Å². The number of hydrogen-bond acceptors (Lipinski definition) is 6. The van der Waals surface area contributed by atoms with Crippen LogP contribution < -0.4 is 15.9 Å². The Bertz CT molecular complexity index is 954. The number of nitrogens with two attached hydrogens (primary N) is 1. The maximum absolute atomic E-state index is 12.5. The smallest absolute Gasteiger partial charge is 0.237 e. The van der Waals surface area contributed by atoms with E-state index in [1.807, 2.05) is 61.5 Å². The van der Waals surface area contributed by atoms with Gasteiger partial charge in [-0.05, 0) is 56.2 Å². The Hall–Kier alpha value is -3.00. The number of carbonyl (C=O) groups is 1. The molecular formula is C20H21N5O2S. The number of ether oxygens (including phenoxy) is 1. The van der Waals surface area contributed by atoms with Crippen LogP contribution in [0.15, 0.2) is 59.8 Å². The maximum atomic E-state index is 12.5. The van der Waals surface area contributed by atoms with E-state index < -0.39 is 0 Å². The summed E-state index contributed by atoms with van der Waals surface area (Å²) in [6.07, 6.45) is 2.19. The van der Waals surface area contributed by atoms with Gasteiger partial charge in [0.15, 0.2) is 5.82 Å². The minimum Gasteiger partial charge on any atom is -0.457 e. The Morgan fingerprint density at radius 1 is 1.14 bits per heavy atom. The van der Waals surface area contributed by atoms with Gasteiger partial charge in [-0.1, -0.05) is 30.0 Å². The van der Waals surface area contributed by atoms with Crippen LogP contribution in [0.2, 0.25) is 0 Å². The molecule has 1 aromatic heterocycles. The average molecular weight is 395 g/mol. The van der Waals surface area contributed by atoms with Crippen LogP contribution in [-0.2, 0) is 4.79 Å². The summed E-state index contributed by atoms with van der Waals surface area (Å²) in [7, 11) is 0. The van der Waals surface area contributed by atoms with Gasteiger partial charge in [0.25, 0.3) is 0 Å². The second-order valence-corrected chi connectivity index (χ2v) is 7.98. The van der Waals surface area contributed by atoms with Gasteiger partial charge in [-0.25, -0.2) is 4.68 Å². The molecule has 0 spiro atoms. The van der Waals surface area contributed by atoms with Crippen LogP contribution in [-0.4, -0.2) is 26.0 Å². The molecule has 8 heteroatoms. The lowest BCUT2D eigenvalue weighted by atomic mass is 10.3. The van der Waals surface area contributed by atoms with Crippen molar-refractivity contribution in [1.82, 2.24) is 14.9 Å². The summed E-state index contributed by atoms with van der Waals surface area (Å²) in [5, 5.41) is 11.3. The SMILES string of the molecule is C[C@@H](Sc1nnc(C2CC2)n1N)C(=O)Nc1ccc(Oc2ccccc2)cc1. The highest BCUT2D eigenvalue weighted by Crippen LogP contribution is 2.39. The van der Waals surface area contributed by atoms with Crippen molar-refractivity contribution in [2.45, 2.75) is 36.1 Å². The third-order valence-electron chi connectivity index (χ3n) is 4.39. The van der Waals surface area contributed by atoms with E-state index in [0.29, 0.717) is 22.5 Å². The van der Waals surface area contributed by atoms with E-state index in [9.17, 15) is 4.79 Å². The van der Waals surface area contributed by atoms with Crippen LogP contribution in [0.3, 0.4) is 0 Å². The van der Waals surface area contributed by atoms with E-state index in [0.717, 1.165) is 24.4 Å². The predicted octanol–water partition coefficient (Wildman–Crippen LogP) is 3.78. The van der Waals surface area contributed by atoms with Gasteiger partial charge in [0.2, 0.25) is 11.1 Å². The molecular weight excluding hydrogens is 374 g/mol. The number of carbonyl (C=O) groups excluding carboxylic acids is 1. The standard InChI is InChI=1S/C20H21N5O2S/c1-13(28-20-24-23-18(25(20)21)14-7-8-14)19(26)22-15-9-11-17(12-10-15)27-16-5-3-2-4-6-16/h2-6,9-14H,7-8,21H2,1H3,(H,22,26)/t13-/m1/s1. The lowest BCUT2D eigenvalue weighted by molar-refractivity contribution is -0.115. The topological polar surface area (TPSA) is 95.1 Å². The Morgan fingerprint density at radius 2 is 1.82 bits per heavy atom. The summed E-state index contributed by atoms with van der Waals surface area (Å²) >= 11 is 1.30. The Morgan fingerprint density at radius 3 is 2.50 bits per heavy atom. The van der Waals surface area contributed by atoms with Crippen LogP contribution in [0.25, 0.3) is 0 Å². The van der Waals surface area contributed by atoms with E-state index in [2.05, 4.69) is 15.5 Å². The summed E-state index contributed by atoms with van der Waals surface area (Å²) in [6.45, 7) is 1.82. The van der Waals surface area contributed by atoms with E-state index in [-0.39, 0.29) is 11.2 Å². The van der Waals surface area contributed by atoms with Crippen molar-refractivity contribution in [2.75, 3.05) is 11.2 Å². The first-order chi connectivity index (χ1) is 13.6. The van der Waals surface area contributed by atoms with Crippen molar-refractivity contribution in [3.63, 3.8) is 0 Å². The molecule has 7 nitrogen and oxygen atoms in total. The molecule has 0 unspecified atom stereocenters. The van der Waals surface area contributed by atoms with Gasteiger partial charge in [-0.15, -0.1) is 10.2 Å². The predicted molar refractivity (Wildman–Crippen MR) is 109 cm³/mol. The number of nitrogen functional groups attached to an aromatic ring is 1. The highest BCUT2D eigenvalue weighted by atomic mass is 32.2. The molecule has 0 bridgehead atoms. The van der Waals surface area contributed by atoms with Gasteiger partial charge >= 0.3 is 0 Å². The first-order valence-electron chi connectivity index (χ1n) is 9.11. The molecule has 1 amide bonds. The van der Waals surface area contributed by atoms with E-state index in [1.54, 1.807) is 0 Å². The van der Waals surface area contributed by atoms with Crippen LogP contribution in [0, 0.1) is 0 Å². The zero-order chi connectivity index (χ0) is 19.5. The van der Waals surface area contributed by atoms with Crippen molar-refractivity contribution in [2.24, 2.45) is 0 Å². The maximum Gasteiger partial charge on any atom is 0.237 e. The van der Waals surface area contributed by atoms with Crippen molar-refractivity contribution in [3.8, 4) is 11.5 Å². The first-order valence-corrected chi connectivity index (χ1v) is 9.99. The quantitative estimate of drug-likeness (QED) is 0.467. The zero-order valence-electron chi connectivity index (χ0n) is 15.4. The Balaban J connectivity index is 1.33. The number of nitrogens with zero attached hydrogens (tertiary/aromatic N) is 3. The van der Waals surface area contributed by atoms with Gasteiger partial charge in [0, 0.05) is 11.6 Å². The molecule has 28 heavy (non-hydrogen) atoms.